The number of aromatic nitrogens is 2. The number of hydrogen-bond acceptors (Lipinski definition) is 5. The van der Waals surface area contributed by atoms with Gasteiger partial charge in [-0.3, -0.25) is 14.7 Å². The van der Waals surface area contributed by atoms with Gasteiger partial charge in [0.1, 0.15) is 11.3 Å². The number of nitrogens with zero attached hydrogens (tertiary/aromatic N) is 3. The van der Waals surface area contributed by atoms with Gasteiger partial charge in [-0.25, -0.2) is 4.98 Å². The Labute approximate surface area is 187 Å². The maximum atomic E-state index is 13.5. The van der Waals surface area contributed by atoms with E-state index in [-0.39, 0.29) is 5.91 Å². The lowest BCUT2D eigenvalue weighted by atomic mass is 10.2. The third-order valence-electron chi connectivity index (χ3n) is 4.61. The molecule has 0 fully saturated rings. The zero-order chi connectivity index (χ0) is 21.3. The largest absolute Gasteiger partial charge is 0.494 e. The number of aryl methyl sites for hydroxylation is 1. The van der Waals surface area contributed by atoms with Crippen LogP contribution in [0.2, 0.25) is 10.0 Å². The molecule has 0 saturated carbocycles. The molecule has 152 valence electrons. The molecular weight excluding hydrogens is 441 g/mol. The maximum Gasteiger partial charge on any atom is 0.261 e. The molecule has 0 atom stereocenters. The first-order valence-corrected chi connectivity index (χ1v) is 10.6. The molecule has 30 heavy (non-hydrogen) atoms. The van der Waals surface area contributed by atoms with Crippen molar-refractivity contribution in [2.45, 2.75) is 13.5 Å². The van der Waals surface area contributed by atoms with Crippen LogP contribution in [0.1, 0.15) is 21.5 Å². The van der Waals surface area contributed by atoms with Gasteiger partial charge >= 0.3 is 0 Å². The molecule has 0 spiro atoms. The van der Waals surface area contributed by atoms with Crippen LogP contribution in [0.4, 0.5) is 5.13 Å². The van der Waals surface area contributed by atoms with E-state index in [1.807, 2.05) is 31.2 Å². The Hall–Kier alpha value is -2.67. The normalized spacial score (nSPS) is 10.9. The van der Waals surface area contributed by atoms with Gasteiger partial charge in [-0.2, -0.15) is 0 Å². The zero-order valence-electron chi connectivity index (χ0n) is 16.2. The van der Waals surface area contributed by atoms with Crippen LogP contribution in [-0.4, -0.2) is 23.0 Å². The minimum absolute atomic E-state index is 0.267. The molecule has 0 bridgehead atoms. The lowest BCUT2D eigenvalue weighted by molar-refractivity contribution is 0.0985. The first kappa shape index (κ1) is 20.6. The first-order valence-electron chi connectivity index (χ1n) is 9.08. The minimum atomic E-state index is -0.267. The van der Waals surface area contributed by atoms with Crippen LogP contribution in [0.3, 0.4) is 0 Å². The second kappa shape index (κ2) is 8.60. The number of carbonyl (C=O) groups excluding carboxylic acids is 1. The number of rotatable bonds is 5. The standard InChI is InChI=1S/C22H17Cl2N3O2S/c1-13-5-8-18(29-2)19-20(13)30-22(26-19)27(12-14-4-3-9-25-11-14)21(28)16-7-6-15(23)10-17(16)24/h3-11H,12H2,1-2H3. The topological polar surface area (TPSA) is 55.3 Å². The van der Waals surface area contributed by atoms with Gasteiger partial charge in [-0.1, -0.05) is 46.7 Å². The minimum Gasteiger partial charge on any atom is -0.494 e. The summed E-state index contributed by atoms with van der Waals surface area (Å²) < 4.78 is 6.43. The summed E-state index contributed by atoms with van der Waals surface area (Å²) in [4.78, 5) is 24.0. The number of pyridine rings is 1. The van der Waals surface area contributed by atoms with Crippen molar-refractivity contribution in [3.05, 3.63) is 81.6 Å². The SMILES string of the molecule is COc1ccc(C)c2sc(N(Cc3cccnc3)C(=O)c3ccc(Cl)cc3Cl)nc12. The second-order valence-corrected chi connectivity index (χ2v) is 8.46. The number of ether oxygens (including phenoxy) is 1. The number of carbonyl (C=O) groups is 1. The van der Waals surface area contributed by atoms with Gasteiger partial charge in [-0.15, -0.1) is 0 Å². The van der Waals surface area contributed by atoms with Crippen LogP contribution in [0, 0.1) is 6.92 Å². The molecule has 0 aliphatic carbocycles. The van der Waals surface area contributed by atoms with E-state index in [0.717, 1.165) is 21.3 Å². The number of hydrogen-bond donors (Lipinski definition) is 0. The van der Waals surface area contributed by atoms with E-state index >= 15 is 0 Å². The van der Waals surface area contributed by atoms with Crippen molar-refractivity contribution in [3.8, 4) is 5.75 Å². The van der Waals surface area contributed by atoms with Gasteiger partial charge in [0.05, 0.1) is 28.9 Å². The highest BCUT2D eigenvalue weighted by molar-refractivity contribution is 7.22. The number of amides is 1. The number of thiazole rings is 1. The van der Waals surface area contributed by atoms with E-state index in [2.05, 4.69) is 4.98 Å². The number of methoxy groups -OCH3 is 1. The van der Waals surface area contributed by atoms with Crippen molar-refractivity contribution in [2.75, 3.05) is 12.0 Å². The van der Waals surface area contributed by atoms with Crippen LogP contribution in [-0.2, 0) is 6.54 Å². The van der Waals surface area contributed by atoms with Crippen LogP contribution in [0.5, 0.6) is 5.75 Å². The van der Waals surface area contributed by atoms with Crippen LogP contribution >= 0.6 is 34.5 Å². The predicted molar refractivity (Wildman–Crippen MR) is 122 cm³/mol. The van der Waals surface area contributed by atoms with E-state index in [4.69, 9.17) is 32.9 Å². The number of halogens is 2. The summed E-state index contributed by atoms with van der Waals surface area (Å²) in [6, 6.07) is 12.4. The van der Waals surface area contributed by atoms with Crippen molar-refractivity contribution in [1.82, 2.24) is 9.97 Å². The molecule has 4 aromatic rings. The summed E-state index contributed by atoms with van der Waals surface area (Å²) in [5, 5.41) is 1.31. The first-order chi connectivity index (χ1) is 14.5. The Kier molecular flexibility index (Phi) is 5.90. The maximum absolute atomic E-state index is 13.5. The fourth-order valence-corrected chi connectivity index (χ4v) is 4.63. The van der Waals surface area contributed by atoms with E-state index < -0.39 is 0 Å². The molecule has 2 aromatic carbocycles. The predicted octanol–water partition coefficient (Wildman–Crippen LogP) is 6.16. The van der Waals surface area contributed by atoms with Crippen molar-refractivity contribution in [3.63, 3.8) is 0 Å². The van der Waals surface area contributed by atoms with Crippen molar-refractivity contribution in [1.29, 1.82) is 0 Å². The summed E-state index contributed by atoms with van der Waals surface area (Å²) in [6.45, 7) is 2.31. The number of benzene rings is 2. The monoisotopic (exact) mass is 457 g/mol. The van der Waals surface area contributed by atoms with Gasteiger partial charge in [-0.05, 0) is 48.4 Å². The average molecular weight is 458 g/mol. The third kappa shape index (κ3) is 3.99. The molecule has 4 rings (SSSR count). The number of anilines is 1. The average Bonchev–Trinajstić information content (AvgIpc) is 3.19. The second-order valence-electron chi connectivity index (χ2n) is 6.64. The van der Waals surface area contributed by atoms with E-state index in [1.165, 1.54) is 11.3 Å². The molecule has 0 radical (unpaired) electrons. The molecule has 0 saturated heterocycles. The molecule has 2 aromatic heterocycles. The quantitative estimate of drug-likeness (QED) is 0.359. The van der Waals surface area contributed by atoms with Gasteiger partial charge in [0, 0.05) is 17.4 Å². The summed E-state index contributed by atoms with van der Waals surface area (Å²) >= 11 is 13.8. The highest BCUT2D eigenvalue weighted by Crippen LogP contribution is 2.37. The Morgan fingerprint density at radius 2 is 2.03 bits per heavy atom. The van der Waals surface area contributed by atoms with Crippen LogP contribution in [0.25, 0.3) is 10.2 Å². The molecule has 0 unspecified atom stereocenters. The van der Waals surface area contributed by atoms with Crippen LogP contribution < -0.4 is 9.64 Å². The molecule has 0 aliphatic rings. The molecule has 0 N–H and O–H groups in total. The summed E-state index contributed by atoms with van der Waals surface area (Å²) in [5.41, 5.74) is 3.02. The van der Waals surface area contributed by atoms with Crippen molar-refractivity contribution < 1.29 is 9.53 Å². The van der Waals surface area contributed by atoms with Crippen molar-refractivity contribution >= 4 is 55.8 Å². The van der Waals surface area contributed by atoms with Gasteiger partial charge in [0.25, 0.3) is 5.91 Å². The third-order valence-corrected chi connectivity index (χ3v) is 6.37. The van der Waals surface area contributed by atoms with Crippen molar-refractivity contribution in [2.24, 2.45) is 0 Å². The Morgan fingerprint density at radius 3 is 2.73 bits per heavy atom. The summed E-state index contributed by atoms with van der Waals surface area (Å²) in [6.07, 6.45) is 3.42. The van der Waals surface area contributed by atoms with E-state index in [1.54, 1.807) is 42.6 Å². The van der Waals surface area contributed by atoms with Gasteiger partial charge in [0.15, 0.2) is 5.13 Å². The molecule has 2 heterocycles. The van der Waals surface area contributed by atoms with Gasteiger partial charge in [0.2, 0.25) is 0 Å². The molecule has 0 aliphatic heterocycles. The van der Waals surface area contributed by atoms with Gasteiger partial charge < -0.3 is 4.74 Å². The smallest absolute Gasteiger partial charge is 0.261 e. The van der Waals surface area contributed by atoms with E-state index in [9.17, 15) is 4.79 Å². The molecule has 5 nitrogen and oxygen atoms in total. The fourth-order valence-electron chi connectivity index (χ4n) is 3.09. The summed E-state index contributed by atoms with van der Waals surface area (Å²) in [7, 11) is 1.61. The molecule has 1 amide bonds. The number of fused-ring (bicyclic) bond motifs is 1. The Balaban J connectivity index is 1.84. The molecule has 8 heteroatoms. The summed E-state index contributed by atoms with van der Waals surface area (Å²) in [5.74, 6) is 0.396. The zero-order valence-corrected chi connectivity index (χ0v) is 18.6. The highest BCUT2D eigenvalue weighted by Gasteiger charge is 2.25. The van der Waals surface area contributed by atoms with E-state index in [0.29, 0.717) is 33.0 Å². The lowest BCUT2D eigenvalue weighted by Crippen LogP contribution is -2.30. The lowest BCUT2D eigenvalue weighted by Gasteiger charge is -2.20. The van der Waals surface area contributed by atoms with Crippen LogP contribution in [0.15, 0.2) is 54.9 Å². The Morgan fingerprint density at radius 1 is 1.20 bits per heavy atom. The fraction of sp³-hybridized carbons (Fsp3) is 0.136. The Bertz CT molecular complexity index is 1230. The highest BCUT2D eigenvalue weighted by atomic mass is 35.5. The molecular formula is C22H17Cl2N3O2S.